The van der Waals surface area contributed by atoms with E-state index in [1.54, 1.807) is 18.3 Å². The highest BCUT2D eigenvalue weighted by Gasteiger charge is 2.16. The Kier molecular flexibility index (Phi) is 5.49. The molecule has 0 saturated heterocycles. The van der Waals surface area contributed by atoms with Crippen molar-refractivity contribution < 1.29 is 13.6 Å². The molecule has 0 saturated carbocycles. The fourth-order valence-corrected chi connectivity index (χ4v) is 2.54. The van der Waals surface area contributed by atoms with Crippen LogP contribution in [0.1, 0.15) is 22.9 Å². The highest BCUT2D eigenvalue weighted by atomic mass is 19.1. The van der Waals surface area contributed by atoms with Crippen LogP contribution in [-0.4, -0.2) is 10.9 Å². The van der Waals surface area contributed by atoms with Crippen molar-refractivity contribution in [1.29, 1.82) is 0 Å². The Morgan fingerprint density at radius 1 is 0.923 bits per heavy atom. The van der Waals surface area contributed by atoms with Gasteiger partial charge in [-0.15, -0.1) is 0 Å². The number of nitrogens with one attached hydrogen (secondary N) is 1. The van der Waals surface area contributed by atoms with Crippen molar-refractivity contribution in [3.8, 4) is 0 Å². The smallest absolute Gasteiger partial charge is 0.244 e. The summed E-state index contributed by atoms with van der Waals surface area (Å²) in [7, 11) is 0. The Hall–Kier alpha value is -3.34. The average molecular weight is 350 g/mol. The van der Waals surface area contributed by atoms with Crippen LogP contribution in [0.5, 0.6) is 0 Å². The number of carbonyl (C=O) groups excluding carboxylic acids is 1. The number of amides is 1. The van der Waals surface area contributed by atoms with E-state index in [9.17, 15) is 13.6 Å². The van der Waals surface area contributed by atoms with E-state index in [4.69, 9.17) is 0 Å². The van der Waals surface area contributed by atoms with Crippen LogP contribution in [0, 0.1) is 11.6 Å². The zero-order valence-corrected chi connectivity index (χ0v) is 13.8. The molecule has 0 bridgehead atoms. The molecule has 2 aromatic carbocycles. The van der Waals surface area contributed by atoms with Gasteiger partial charge in [-0.05, 0) is 35.9 Å². The quantitative estimate of drug-likeness (QED) is 0.698. The van der Waals surface area contributed by atoms with Gasteiger partial charge in [0.2, 0.25) is 5.91 Å². The van der Waals surface area contributed by atoms with Gasteiger partial charge in [-0.2, -0.15) is 0 Å². The zero-order valence-electron chi connectivity index (χ0n) is 13.8. The second-order valence-electron chi connectivity index (χ2n) is 5.58. The van der Waals surface area contributed by atoms with Gasteiger partial charge in [0.25, 0.3) is 0 Å². The number of pyridine rings is 1. The van der Waals surface area contributed by atoms with Gasteiger partial charge in [0.1, 0.15) is 11.6 Å². The molecule has 130 valence electrons. The number of hydrogen-bond acceptors (Lipinski definition) is 2. The second kappa shape index (κ2) is 8.16. The molecule has 3 nitrogen and oxygen atoms in total. The van der Waals surface area contributed by atoms with Crippen molar-refractivity contribution in [2.45, 2.75) is 6.04 Å². The lowest BCUT2D eigenvalue weighted by atomic mass is 10.0. The molecule has 1 unspecified atom stereocenters. The van der Waals surface area contributed by atoms with Crippen LogP contribution >= 0.6 is 0 Å². The molecule has 26 heavy (non-hydrogen) atoms. The number of benzene rings is 2. The van der Waals surface area contributed by atoms with Crippen LogP contribution in [0.3, 0.4) is 0 Å². The maximum atomic E-state index is 13.7. The largest absolute Gasteiger partial charge is 0.340 e. The summed E-state index contributed by atoms with van der Waals surface area (Å²) in [4.78, 5) is 16.6. The van der Waals surface area contributed by atoms with Crippen molar-refractivity contribution in [1.82, 2.24) is 10.3 Å². The average Bonchev–Trinajstić information content (AvgIpc) is 2.67. The Labute approximate surface area is 150 Å². The van der Waals surface area contributed by atoms with Gasteiger partial charge in [-0.25, -0.2) is 8.78 Å². The molecule has 0 spiro atoms. The summed E-state index contributed by atoms with van der Waals surface area (Å²) >= 11 is 0. The van der Waals surface area contributed by atoms with Crippen LogP contribution in [0.4, 0.5) is 8.78 Å². The summed E-state index contributed by atoms with van der Waals surface area (Å²) in [6.07, 6.45) is 3.88. The normalized spacial score (nSPS) is 12.1. The number of rotatable bonds is 5. The standard InChI is InChI=1S/C21H16F2N2O/c22-17-9-6-10-18(23)16(17)12-13-20(26)25-21(15-7-2-1-3-8-15)19-11-4-5-14-24-19/h1-14,21H,(H,25,26)/b13-12+. The third-order valence-electron chi connectivity index (χ3n) is 3.80. The van der Waals surface area contributed by atoms with Crippen LogP contribution in [0.15, 0.2) is 79.0 Å². The lowest BCUT2D eigenvalue weighted by molar-refractivity contribution is -0.116. The van der Waals surface area contributed by atoms with Gasteiger partial charge in [-0.1, -0.05) is 42.5 Å². The number of carbonyl (C=O) groups is 1. The van der Waals surface area contributed by atoms with E-state index in [2.05, 4.69) is 10.3 Å². The van der Waals surface area contributed by atoms with Crippen molar-refractivity contribution in [3.63, 3.8) is 0 Å². The van der Waals surface area contributed by atoms with Gasteiger partial charge in [0.05, 0.1) is 11.7 Å². The molecule has 1 amide bonds. The Bertz CT molecular complexity index is 852. The maximum absolute atomic E-state index is 13.7. The van der Waals surface area contributed by atoms with E-state index in [1.165, 1.54) is 6.07 Å². The zero-order chi connectivity index (χ0) is 18.4. The molecule has 0 radical (unpaired) electrons. The van der Waals surface area contributed by atoms with Gasteiger partial charge >= 0.3 is 0 Å². The molecule has 0 aliphatic carbocycles. The third-order valence-corrected chi connectivity index (χ3v) is 3.80. The van der Waals surface area contributed by atoms with Crippen molar-refractivity contribution in [3.05, 3.63) is 107 Å². The van der Waals surface area contributed by atoms with E-state index in [1.807, 2.05) is 36.4 Å². The molecule has 5 heteroatoms. The topological polar surface area (TPSA) is 42.0 Å². The van der Waals surface area contributed by atoms with Crippen LogP contribution in [-0.2, 0) is 4.79 Å². The number of nitrogens with zero attached hydrogens (tertiary/aromatic N) is 1. The first-order valence-electron chi connectivity index (χ1n) is 8.03. The van der Waals surface area contributed by atoms with Crippen molar-refractivity contribution >= 4 is 12.0 Å². The number of hydrogen-bond donors (Lipinski definition) is 1. The fraction of sp³-hybridized carbons (Fsp3) is 0.0476. The summed E-state index contributed by atoms with van der Waals surface area (Å²) in [6, 6.07) is 17.9. The summed E-state index contributed by atoms with van der Waals surface area (Å²) in [5, 5.41) is 2.83. The van der Waals surface area contributed by atoms with Crippen LogP contribution in [0.2, 0.25) is 0 Å². The third kappa shape index (κ3) is 4.19. The van der Waals surface area contributed by atoms with Crippen molar-refractivity contribution in [2.24, 2.45) is 0 Å². The van der Waals surface area contributed by atoms with E-state index in [-0.39, 0.29) is 5.56 Å². The molecule has 3 rings (SSSR count). The van der Waals surface area contributed by atoms with E-state index < -0.39 is 23.6 Å². The summed E-state index contributed by atoms with van der Waals surface area (Å²) in [5.41, 5.74) is 1.26. The molecule has 0 aliphatic heterocycles. The Morgan fingerprint density at radius 3 is 2.27 bits per heavy atom. The molecule has 1 heterocycles. The number of halogens is 2. The van der Waals surface area contributed by atoms with Crippen LogP contribution in [0.25, 0.3) is 6.08 Å². The molecule has 1 N–H and O–H groups in total. The highest BCUT2D eigenvalue weighted by Crippen LogP contribution is 2.20. The minimum absolute atomic E-state index is 0.253. The highest BCUT2D eigenvalue weighted by molar-refractivity contribution is 5.92. The molecule has 1 atom stereocenters. The van der Waals surface area contributed by atoms with Crippen LogP contribution < -0.4 is 5.32 Å². The predicted molar refractivity (Wildman–Crippen MR) is 96.1 cm³/mol. The predicted octanol–water partition coefficient (Wildman–Crippen LogP) is 4.28. The molecule has 3 aromatic rings. The van der Waals surface area contributed by atoms with Crippen molar-refractivity contribution in [2.75, 3.05) is 0 Å². The number of aromatic nitrogens is 1. The van der Waals surface area contributed by atoms with E-state index in [0.717, 1.165) is 29.8 Å². The molecular formula is C21H16F2N2O. The molecule has 0 aliphatic rings. The summed E-state index contributed by atoms with van der Waals surface area (Å²) in [5.74, 6) is -1.93. The minimum atomic E-state index is -0.724. The first-order chi connectivity index (χ1) is 12.6. The summed E-state index contributed by atoms with van der Waals surface area (Å²) < 4.78 is 27.3. The van der Waals surface area contributed by atoms with Gasteiger partial charge in [-0.3, -0.25) is 9.78 Å². The first kappa shape index (κ1) is 17.5. The van der Waals surface area contributed by atoms with E-state index in [0.29, 0.717) is 5.69 Å². The molecule has 1 aromatic heterocycles. The Balaban J connectivity index is 1.83. The minimum Gasteiger partial charge on any atom is -0.340 e. The first-order valence-corrected chi connectivity index (χ1v) is 8.03. The van der Waals surface area contributed by atoms with E-state index >= 15 is 0 Å². The van der Waals surface area contributed by atoms with Gasteiger partial charge in [0.15, 0.2) is 0 Å². The maximum Gasteiger partial charge on any atom is 0.244 e. The SMILES string of the molecule is O=C(/C=C/c1c(F)cccc1F)NC(c1ccccc1)c1ccccn1. The van der Waals surface area contributed by atoms with Gasteiger partial charge in [0, 0.05) is 17.8 Å². The lowest BCUT2D eigenvalue weighted by Crippen LogP contribution is -2.28. The Morgan fingerprint density at radius 2 is 1.62 bits per heavy atom. The van der Waals surface area contributed by atoms with Gasteiger partial charge < -0.3 is 5.32 Å². The summed E-state index contributed by atoms with van der Waals surface area (Å²) in [6.45, 7) is 0. The molecule has 0 fully saturated rings. The molecular weight excluding hydrogens is 334 g/mol. The second-order valence-corrected chi connectivity index (χ2v) is 5.58. The monoisotopic (exact) mass is 350 g/mol. The lowest BCUT2D eigenvalue weighted by Gasteiger charge is -2.18. The fourth-order valence-electron chi connectivity index (χ4n) is 2.54.